The van der Waals surface area contributed by atoms with Gasteiger partial charge in [-0.15, -0.1) is 0 Å². The van der Waals surface area contributed by atoms with E-state index in [4.69, 9.17) is 30.5 Å². The van der Waals surface area contributed by atoms with Crippen molar-refractivity contribution in [3.63, 3.8) is 0 Å². The molecule has 0 amide bonds. The number of furan rings is 1. The van der Waals surface area contributed by atoms with Gasteiger partial charge in [0, 0.05) is 10.6 Å². The number of halogens is 1. The molecule has 5 rings (SSSR count). The Morgan fingerprint density at radius 1 is 1.08 bits per heavy atom. The SMILES string of the molecule is CC[C@@H](C)Oc1ccc(Cl)cc1C=Nn1c(-c2cc3c(OC)cccc3o2)nc2ccccc2c1=O. The number of benzene rings is 3. The van der Waals surface area contributed by atoms with Gasteiger partial charge in [-0.05, 0) is 61.9 Å². The number of methoxy groups -OCH3 is 1. The summed E-state index contributed by atoms with van der Waals surface area (Å²) in [5, 5.41) is 6.28. The van der Waals surface area contributed by atoms with Gasteiger partial charge in [0.1, 0.15) is 17.1 Å². The second-order valence-corrected chi connectivity index (χ2v) is 8.75. The van der Waals surface area contributed by atoms with Crippen LogP contribution in [0.5, 0.6) is 11.5 Å². The molecule has 0 unspecified atom stereocenters. The largest absolute Gasteiger partial charge is 0.496 e. The highest BCUT2D eigenvalue weighted by atomic mass is 35.5. The Bertz CT molecular complexity index is 1650. The van der Waals surface area contributed by atoms with Crippen LogP contribution in [-0.4, -0.2) is 29.1 Å². The van der Waals surface area contributed by atoms with E-state index >= 15 is 0 Å². The molecule has 1 atom stereocenters. The second kappa shape index (κ2) is 9.87. The first-order chi connectivity index (χ1) is 17.5. The third kappa shape index (κ3) is 4.45. The first-order valence-corrected chi connectivity index (χ1v) is 12.0. The highest BCUT2D eigenvalue weighted by Gasteiger charge is 2.18. The van der Waals surface area contributed by atoms with Crippen LogP contribution in [0.25, 0.3) is 33.5 Å². The van der Waals surface area contributed by atoms with Gasteiger partial charge in [-0.25, -0.2) is 4.98 Å². The Morgan fingerprint density at radius 3 is 2.72 bits per heavy atom. The lowest BCUT2D eigenvalue weighted by Crippen LogP contribution is -2.20. The normalized spacial score (nSPS) is 12.4. The molecule has 7 nitrogen and oxygen atoms in total. The average molecular weight is 502 g/mol. The van der Waals surface area contributed by atoms with Gasteiger partial charge in [-0.3, -0.25) is 4.79 Å². The molecule has 0 fully saturated rings. The van der Waals surface area contributed by atoms with Gasteiger partial charge in [-0.1, -0.05) is 36.7 Å². The molecule has 8 heteroatoms. The fourth-order valence-corrected chi connectivity index (χ4v) is 4.04. The maximum absolute atomic E-state index is 13.5. The summed E-state index contributed by atoms with van der Waals surface area (Å²) in [6.07, 6.45) is 2.39. The zero-order valence-electron chi connectivity index (χ0n) is 20.1. The molecule has 0 bridgehead atoms. The summed E-state index contributed by atoms with van der Waals surface area (Å²) in [6, 6.07) is 19.7. The van der Waals surface area contributed by atoms with Gasteiger partial charge < -0.3 is 13.9 Å². The number of ether oxygens (including phenoxy) is 2. The smallest absolute Gasteiger partial charge is 0.282 e. The molecule has 0 aliphatic rings. The molecule has 0 spiro atoms. The van der Waals surface area contributed by atoms with Gasteiger partial charge in [0.2, 0.25) is 5.82 Å². The van der Waals surface area contributed by atoms with Crippen LogP contribution in [0, 0.1) is 0 Å². The molecule has 0 N–H and O–H groups in total. The van der Waals surface area contributed by atoms with Crippen LogP contribution in [-0.2, 0) is 0 Å². The summed E-state index contributed by atoms with van der Waals surface area (Å²) in [7, 11) is 1.60. The van der Waals surface area contributed by atoms with E-state index in [9.17, 15) is 4.79 Å². The monoisotopic (exact) mass is 501 g/mol. The van der Waals surface area contributed by atoms with Gasteiger partial charge >= 0.3 is 0 Å². The van der Waals surface area contributed by atoms with E-state index in [1.807, 2.05) is 38.1 Å². The van der Waals surface area contributed by atoms with E-state index in [1.54, 1.807) is 55.8 Å². The molecule has 5 aromatic rings. The van der Waals surface area contributed by atoms with Crippen molar-refractivity contribution in [2.75, 3.05) is 7.11 Å². The minimum Gasteiger partial charge on any atom is -0.496 e. The number of aromatic nitrogens is 2. The van der Waals surface area contributed by atoms with E-state index in [-0.39, 0.29) is 17.5 Å². The van der Waals surface area contributed by atoms with Crippen molar-refractivity contribution in [1.29, 1.82) is 0 Å². The van der Waals surface area contributed by atoms with Crippen LogP contribution in [0.2, 0.25) is 5.02 Å². The number of rotatable bonds is 7. The lowest BCUT2D eigenvalue weighted by Gasteiger charge is -2.15. The van der Waals surface area contributed by atoms with Crippen molar-refractivity contribution in [1.82, 2.24) is 9.66 Å². The molecule has 0 aliphatic heterocycles. The summed E-state index contributed by atoms with van der Waals surface area (Å²) >= 11 is 6.25. The van der Waals surface area contributed by atoms with Crippen molar-refractivity contribution in [3.8, 4) is 23.1 Å². The van der Waals surface area contributed by atoms with Gasteiger partial charge in [0.25, 0.3) is 5.56 Å². The molecule has 0 radical (unpaired) electrons. The van der Waals surface area contributed by atoms with Crippen LogP contribution >= 0.6 is 11.6 Å². The molecule has 182 valence electrons. The third-order valence-electron chi connectivity index (χ3n) is 5.90. The maximum Gasteiger partial charge on any atom is 0.282 e. The lowest BCUT2D eigenvalue weighted by molar-refractivity contribution is 0.217. The molecule has 2 heterocycles. The van der Waals surface area contributed by atoms with Crippen LogP contribution in [0.1, 0.15) is 25.8 Å². The Balaban J connectivity index is 1.70. The van der Waals surface area contributed by atoms with E-state index in [0.29, 0.717) is 44.3 Å². The number of para-hydroxylation sites is 1. The van der Waals surface area contributed by atoms with Gasteiger partial charge in [0.15, 0.2) is 5.76 Å². The Kier molecular flexibility index (Phi) is 6.48. The van der Waals surface area contributed by atoms with Crippen LogP contribution in [0.3, 0.4) is 0 Å². The number of hydrogen-bond donors (Lipinski definition) is 0. The van der Waals surface area contributed by atoms with Crippen LogP contribution < -0.4 is 15.0 Å². The average Bonchev–Trinajstić information content (AvgIpc) is 3.33. The molecule has 0 aliphatic carbocycles. The fourth-order valence-electron chi connectivity index (χ4n) is 3.86. The zero-order chi connectivity index (χ0) is 25.2. The van der Waals surface area contributed by atoms with Crippen molar-refractivity contribution in [2.45, 2.75) is 26.4 Å². The highest BCUT2D eigenvalue weighted by molar-refractivity contribution is 6.30. The van der Waals surface area contributed by atoms with E-state index in [1.165, 1.54) is 4.68 Å². The van der Waals surface area contributed by atoms with Crippen LogP contribution in [0.15, 0.2) is 81.0 Å². The van der Waals surface area contributed by atoms with Gasteiger partial charge in [0.05, 0.1) is 35.7 Å². The predicted octanol–water partition coefficient (Wildman–Crippen LogP) is 6.53. The molecular formula is C28H24ClN3O4. The fraction of sp³-hybridized carbons (Fsp3) is 0.179. The molecule has 0 saturated carbocycles. The summed E-state index contributed by atoms with van der Waals surface area (Å²) in [4.78, 5) is 18.3. The maximum atomic E-state index is 13.5. The van der Waals surface area contributed by atoms with Gasteiger partial charge in [-0.2, -0.15) is 9.78 Å². The molecule has 36 heavy (non-hydrogen) atoms. The molecule has 2 aromatic heterocycles. The van der Waals surface area contributed by atoms with E-state index in [2.05, 4.69) is 5.10 Å². The Labute approximate surface area is 212 Å². The van der Waals surface area contributed by atoms with Crippen LogP contribution in [0.4, 0.5) is 0 Å². The summed E-state index contributed by atoms with van der Waals surface area (Å²) in [5.74, 6) is 1.93. The first-order valence-electron chi connectivity index (χ1n) is 11.6. The summed E-state index contributed by atoms with van der Waals surface area (Å²) < 4.78 is 18.8. The molecule has 0 saturated heterocycles. The minimum atomic E-state index is -0.328. The number of hydrogen-bond acceptors (Lipinski definition) is 6. The second-order valence-electron chi connectivity index (χ2n) is 8.32. The summed E-state index contributed by atoms with van der Waals surface area (Å²) in [6.45, 7) is 4.03. The Morgan fingerprint density at radius 2 is 1.92 bits per heavy atom. The van der Waals surface area contributed by atoms with Crippen molar-refractivity contribution >= 4 is 39.7 Å². The van der Waals surface area contributed by atoms with Crippen molar-refractivity contribution in [3.05, 3.63) is 87.7 Å². The number of nitrogens with zero attached hydrogens (tertiary/aromatic N) is 3. The van der Waals surface area contributed by atoms with Crippen molar-refractivity contribution in [2.24, 2.45) is 5.10 Å². The Hall–Kier alpha value is -4.10. The topological polar surface area (TPSA) is 78.8 Å². The standard InChI is InChI=1S/C28H24ClN3O4/c1-4-17(2)35-23-13-12-19(29)14-18(23)16-30-32-27(31-22-9-6-5-8-20(22)28(32)33)26-15-21-24(34-3)10-7-11-25(21)36-26/h5-17H,4H2,1-3H3/t17-/m1/s1. The first kappa shape index (κ1) is 23.6. The minimum absolute atomic E-state index is 0.00414. The van der Waals surface area contributed by atoms with Crippen molar-refractivity contribution < 1.29 is 13.9 Å². The molecular weight excluding hydrogens is 478 g/mol. The quantitative estimate of drug-likeness (QED) is 0.237. The highest BCUT2D eigenvalue weighted by Crippen LogP contribution is 2.33. The van der Waals surface area contributed by atoms with E-state index < -0.39 is 0 Å². The van der Waals surface area contributed by atoms with E-state index in [0.717, 1.165) is 11.8 Å². The summed E-state index contributed by atoms with van der Waals surface area (Å²) in [5.41, 5.74) is 1.46. The number of fused-ring (bicyclic) bond motifs is 2. The molecule has 3 aromatic carbocycles. The predicted molar refractivity (Wildman–Crippen MR) is 143 cm³/mol. The third-order valence-corrected chi connectivity index (χ3v) is 6.14. The lowest BCUT2D eigenvalue weighted by atomic mass is 10.2. The zero-order valence-corrected chi connectivity index (χ0v) is 20.8.